The van der Waals surface area contributed by atoms with Crippen molar-refractivity contribution in [3.8, 4) is 11.5 Å². The quantitative estimate of drug-likeness (QED) is 0.264. The van der Waals surface area contributed by atoms with Gasteiger partial charge >= 0.3 is 12.3 Å². The lowest BCUT2D eigenvalue weighted by Gasteiger charge is -2.39. The van der Waals surface area contributed by atoms with E-state index in [9.17, 15) is 30.7 Å². The van der Waals surface area contributed by atoms with Crippen LogP contribution in [0, 0.1) is 35.3 Å². The smallest absolute Gasteiger partial charge is 0.412 e. The van der Waals surface area contributed by atoms with Crippen LogP contribution in [0.3, 0.4) is 0 Å². The maximum atomic E-state index is 14.8. The molecule has 0 aliphatic heterocycles. The number of ether oxygens (including phenoxy) is 2. The van der Waals surface area contributed by atoms with E-state index in [0.717, 1.165) is 18.8 Å². The number of allylic oxidation sites excluding steroid dienone is 1. The molecule has 0 N–H and O–H groups in total. The summed E-state index contributed by atoms with van der Waals surface area (Å²) in [4.78, 5) is 0. The largest absolute Gasteiger partial charge is 0.459 e. The standard InChI is InChI=1S/C25H31F7O2/c1-2-3-16-4-6-17(7-5-16)18-8-10-19(11-9-18)25(31,32)34-20-14-21(26)23(22(27)15-20)33-13-12-24(28,29)30/h12-19H,2-11H2,1H3/b13-12+. The molecule has 0 bridgehead atoms. The number of hydrogen-bond donors (Lipinski definition) is 0. The van der Waals surface area contributed by atoms with Crippen molar-refractivity contribution in [1.29, 1.82) is 0 Å². The van der Waals surface area contributed by atoms with Gasteiger partial charge in [0.2, 0.25) is 0 Å². The molecule has 9 heteroatoms. The van der Waals surface area contributed by atoms with Crippen LogP contribution in [0.2, 0.25) is 0 Å². The van der Waals surface area contributed by atoms with Crippen LogP contribution >= 0.6 is 0 Å². The van der Waals surface area contributed by atoms with Crippen LogP contribution in [0.1, 0.15) is 71.1 Å². The Labute approximate surface area is 195 Å². The van der Waals surface area contributed by atoms with Crippen LogP contribution in [0.25, 0.3) is 0 Å². The minimum absolute atomic E-state index is 0.0747. The van der Waals surface area contributed by atoms with Crippen LogP contribution in [-0.2, 0) is 0 Å². The molecule has 0 spiro atoms. The minimum atomic E-state index is -4.73. The lowest BCUT2D eigenvalue weighted by atomic mass is 9.68. The van der Waals surface area contributed by atoms with Crippen LogP contribution in [0.4, 0.5) is 30.7 Å². The highest BCUT2D eigenvalue weighted by Gasteiger charge is 2.45. The van der Waals surface area contributed by atoms with E-state index in [1.807, 2.05) is 0 Å². The number of benzene rings is 1. The Morgan fingerprint density at radius 1 is 0.853 bits per heavy atom. The van der Waals surface area contributed by atoms with Gasteiger partial charge < -0.3 is 9.47 Å². The van der Waals surface area contributed by atoms with Gasteiger partial charge in [-0.25, -0.2) is 8.78 Å². The monoisotopic (exact) mass is 496 g/mol. The molecule has 0 amide bonds. The minimum Gasteiger partial charge on any atom is -0.459 e. The summed E-state index contributed by atoms with van der Waals surface area (Å²) in [5.41, 5.74) is 0. The van der Waals surface area contributed by atoms with Gasteiger partial charge in [0.05, 0.1) is 18.3 Å². The van der Waals surface area contributed by atoms with E-state index in [1.165, 1.54) is 25.7 Å². The first kappa shape index (κ1) is 26.7. The van der Waals surface area contributed by atoms with Crippen LogP contribution in [-0.4, -0.2) is 12.3 Å². The third-order valence-corrected chi connectivity index (χ3v) is 7.17. The van der Waals surface area contributed by atoms with E-state index in [2.05, 4.69) is 16.4 Å². The average Bonchev–Trinajstić information content (AvgIpc) is 2.75. The maximum Gasteiger partial charge on any atom is 0.412 e. The third kappa shape index (κ3) is 7.28. The van der Waals surface area contributed by atoms with E-state index in [4.69, 9.17) is 0 Å². The SMILES string of the molecule is CCCC1CCC(C2CCC(C(F)(F)Oc3cc(F)c(O/C=C/C(F)(F)F)c(F)c3)CC2)CC1. The molecule has 2 nitrogen and oxygen atoms in total. The van der Waals surface area contributed by atoms with Gasteiger partial charge in [0.1, 0.15) is 5.75 Å². The Bertz CT molecular complexity index is 798. The normalized spacial score (nSPS) is 26.6. The Hall–Kier alpha value is -1.93. The molecule has 3 rings (SSSR count). The second-order valence-corrected chi connectivity index (χ2v) is 9.52. The summed E-state index contributed by atoms with van der Waals surface area (Å²) in [7, 11) is 0. The van der Waals surface area contributed by atoms with E-state index in [1.54, 1.807) is 0 Å². The average molecular weight is 497 g/mol. The second kappa shape index (κ2) is 11.2. The summed E-state index contributed by atoms with van der Waals surface area (Å²) >= 11 is 0. The van der Waals surface area contributed by atoms with Gasteiger partial charge in [-0.05, 0) is 56.3 Å². The van der Waals surface area contributed by atoms with Crippen LogP contribution in [0.5, 0.6) is 11.5 Å². The summed E-state index contributed by atoms with van der Waals surface area (Å²) in [5, 5.41) is 0. The van der Waals surface area contributed by atoms with E-state index in [0.29, 0.717) is 36.8 Å². The summed E-state index contributed by atoms with van der Waals surface area (Å²) in [5.74, 6) is -4.06. The predicted molar refractivity (Wildman–Crippen MR) is 114 cm³/mol. The summed E-state index contributed by atoms with van der Waals surface area (Å²) < 4.78 is 103. The fourth-order valence-electron chi connectivity index (χ4n) is 5.41. The summed E-state index contributed by atoms with van der Waals surface area (Å²) in [6.07, 6.45) is 0.409. The first-order valence-electron chi connectivity index (χ1n) is 12.0. The number of halogens is 7. The third-order valence-electron chi connectivity index (χ3n) is 7.17. The Balaban J connectivity index is 1.54. The zero-order valence-corrected chi connectivity index (χ0v) is 19.2. The van der Waals surface area contributed by atoms with E-state index >= 15 is 0 Å². The predicted octanol–water partition coefficient (Wildman–Crippen LogP) is 8.80. The van der Waals surface area contributed by atoms with Crippen molar-refractivity contribution in [1.82, 2.24) is 0 Å². The van der Waals surface area contributed by atoms with Crippen molar-refractivity contribution in [2.24, 2.45) is 23.7 Å². The molecule has 1 aromatic carbocycles. The Morgan fingerprint density at radius 3 is 1.88 bits per heavy atom. The molecular weight excluding hydrogens is 465 g/mol. The highest BCUT2D eigenvalue weighted by molar-refractivity contribution is 5.35. The lowest BCUT2D eigenvalue weighted by molar-refractivity contribution is -0.224. The zero-order valence-electron chi connectivity index (χ0n) is 19.2. The van der Waals surface area contributed by atoms with E-state index in [-0.39, 0.29) is 25.2 Å². The van der Waals surface area contributed by atoms with Crippen molar-refractivity contribution >= 4 is 0 Å². The fraction of sp³-hybridized carbons (Fsp3) is 0.680. The maximum absolute atomic E-state index is 14.8. The number of rotatable bonds is 8. The topological polar surface area (TPSA) is 18.5 Å². The van der Waals surface area contributed by atoms with Crippen LogP contribution in [0.15, 0.2) is 24.5 Å². The first-order chi connectivity index (χ1) is 16.0. The van der Waals surface area contributed by atoms with Gasteiger partial charge in [-0.15, -0.1) is 0 Å². The molecule has 0 aromatic heterocycles. The fourth-order valence-corrected chi connectivity index (χ4v) is 5.41. The zero-order chi connectivity index (χ0) is 24.9. The molecular formula is C25H31F7O2. The molecule has 0 radical (unpaired) electrons. The van der Waals surface area contributed by atoms with Gasteiger partial charge in [-0.3, -0.25) is 0 Å². The van der Waals surface area contributed by atoms with E-state index < -0.39 is 41.3 Å². The summed E-state index contributed by atoms with van der Waals surface area (Å²) in [6, 6.07) is 0.961. The van der Waals surface area contributed by atoms with Gasteiger partial charge in [0.15, 0.2) is 17.4 Å². The summed E-state index contributed by atoms with van der Waals surface area (Å²) in [6.45, 7) is 2.19. The van der Waals surface area contributed by atoms with Crippen molar-refractivity contribution < 1.29 is 40.2 Å². The van der Waals surface area contributed by atoms with Gasteiger partial charge in [0.25, 0.3) is 0 Å². The molecule has 2 saturated carbocycles. The highest BCUT2D eigenvalue weighted by atomic mass is 19.4. The van der Waals surface area contributed by atoms with Crippen molar-refractivity contribution in [3.05, 3.63) is 36.1 Å². The molecule has 0 saturated heterocycles. The first-order valence-corrected chi connectivity index (χ1v) is 12.0. The van der Waals surface area contributed by atoms with Gasteiger partial charge in [0, 0.05) is 12.1 Å². The van der Waals surface area contributed by atoms with Crippen molar-refractivity contribution in [3.63, 3.8) is 0 Å². The lowest BCUT2D eigenvalue weighted by Crippen LogP contribution is -2.38. The molecule has 0 heterocycles. The molecule has 2 aliphatic rings. The van der Waals surface area contributed by atoms with Crippen molar-refractivity contribution in [2.75, 3.05) is 0 Å². The molecule has 0 unspecified atom stereocenters. The molecule has 192 valence electrons. The molecule has 0 atom stereocenters. The number of alkyl halides is 5. The molecule has 2 aliphatic carbocycles. The molecule has 34 heavy (non-hydrogen) atoms. The van der Waals surface area contributed by atoms with Crippen LogP contribution < -0.4 is 9.47 Å². The molecule has 1 aromatic rings. The second-order valence-electron chi connectivity index (χ2n) is 9.52. The number of hydrogen-bond acceptors (Lipinski definition) is 2. The van der Waals surface area contributed by atoms with Gasteiger partial charge in [-0.2, -0.15) is 22.0 Å². The van der Waals surface area contributed by atoms with Gasteiger partial charge in [-0.1, -0.05) is 32.6 Å². The molecule has 2 fully saturated rings. The Kier molecular flexibility index (Phi) is 8.79. The Morgan fingerprint density at radius 2 is 1.38 bits per heavy atom. The highest BCUT2D eigenvalue weighted by Crippen LogP contribution is 2.46. The van der Waals surface area contributed by atoms with Crippen molar-refractivity contribution in [2.45, 2.75) is 83.4 Å².